The standard InChI is InChI=1S/C19H18N2O/c1-2-5-15(6-3-1)18-14-17(21-9-11-22-12-10-21)13-16-7-4-8-20-19(16)18/h1-8,13-14H,9-12H2. The molecule has 2 heterocycles. The predicted octanol–water partition coefficient (Wildman–Crippen LogP) is 3.74. The summed E-state index contributed by atoms with van der Waals surface area (Å²) >= 11 is 0. The van der Waals surface area contributed by atoms with E-state index in [1.807, 2.05) is 18.3 Å². The lowest BCUT2D eigenvalue weighted by atomic mass is 10.0. The van der Waals surface area contributed by atoms with E-state index in [4.69, 9.17) is 4.74 Å². The van der Waals surface area contributed by atoms with E-state index >= 15 is 0 Å². The molecule has 1 saturated heterocycles. The fourth-order valence-electron chi connectivity index (χ4n) is 3.02. The van der Waals surface area contributed by atoms with Crippen LogP contribution >= 0.6 is 0 Å². The van der Waals surface area contributed by atoms with Gasteiger partial charge in [-0.3, -0.25) is 4.98 Å². The lowest BCUT2D eigenvalue weighted by Gasteiger charge is -2.29. The van der Waals surface area contributed by atoms with Gasteiger partial charge in [-0.25, -0.2) is 0 Å². The average molecular weight is 290 g/mol. The minimum absolute atomic E-state index is 0.797. The molecule has 4 rings (SSSR count). The zero-order valence-electron chi connectivity index (χ0n) is 12.4. The maximum Gasteiger partial charge on any atom is 0.0781 e. The van der Waals surface area contributed by atoms with Gasteiger partial charge in [0.1, 0.15) is 0 Å². The van der Waals surface area contributed by atoms with Crippen molar-refractivity contribution < 1.29 is 4.74 Å². The third-order valence-electron chi connectivity index (χ3n) is 4.15. The number of nitrogens with zero attached hydrogens (tertiary/aromatic N) is 2. The molecule has 1 fully saturated rings. The molecular weight excluding hydrogens is 272 g/mol. The third-order valence-corrected chi connectivity index (χ3v) is 4.15. The summed E-state index contributed by atoms with van der Waals surface area (Å²) in [5.74, 6) is 0. The zero-order chi connectivity index (χ0) is 14.8. The van der Waals surface area contributed by atoms with Crippen molar-refractivity contribution in [2.75, 3.05) is 31.2 Å². The highest BCUT2D eigenvalue weighted by molar-refractivity contribution is 5.96. The van der Waals surface area contributed by atoms with Crippen LogP contribution in [0.1, 0.15) is 0 Å². The van der Waals surface area contributed by atoms with E-state index in [1.165, 1.54) is 22.2 Å². The Kier molecular flexibility index (Phi) is 3.49. The number of benzene rings is 2. The molecule has 0 spiro atoms. The number of aromatic nitrogens is 1. The van der Waals surface area contributed by atoms with Gasteiger partial charge in [0.05, 0.1) is 18.7 Å². The zero-order valence-corrected chi connectivity index (χ0v) is 12.4. The van der Waals surface area contributed by atoms with Crippen molar-refractivity contribution in [2.24, 2.45) is 0 Å². The molecular formula is C19H18N2O. The van der Waals surface area contributed by atoms with Crippen molar-refractivity contribution in [1.29, 1.82) is 0 Å². The van der Waals surface area contributed by atoms with Crippen LogP contribution in [0.2, 0.25) is 0 Å². The van der Waals surface area contributed by atoms with Crippen LogP contribution in [0.15, 0.2) is 60.8 Å². The van der Waals surface area contributed by atoms with Crippen molar-refractivity contribution in [2.45, 2.75) is 0 Å². The highest BCUT2D eigenvalue weighted by Gasteiger charge is 2.14. The monoisotopic (exact) mass is 290 g/mol. The van der Waals surface area contributed by atoms with Crippen molar-refractivity contribution >= 4 is 16.6 Å². The van der Waals surface area contributed by atoms with Gasteiger partial charge in [0.15, 0.2) is 0 Å². The van der Waals surface area contributed by atoms with E-state index < -0.39 is 0 Å². The molecule has 3 heteroatoms. The summed E-state index contributed by atoms with van der Waals surface area (Å²) in [6, 6.07) is 19.1. The number of hydrogen-bond donors (Lipinski definition) is 0. The maximum absolute atomic E-state index is 5.47. The van der Waals surface area contributed by atoms with Crippen molar-refractivity contribution in [3.05, 3.63) is 60.8 Å². The predicted molar refractivity (Wildman–Crippen MR) is 90.2 cm³/mol. The molecule has 0 bridgehead atoms. The SMILES string of the molecule is c1ccc(-c2cc(N3CCOCC3)cc3cccnc23)cc1. The smallest absolute Gasteiger partial charge is 0.0781 e. The minimum atomic E-state index is 0.797. The normalized spacial score (nSPS) is 15.2. The van der Waals surface area contributed by atoms with E-state index in [2.05, 4.69) is 52.3 Å². The largest absolute Gasteiger partial charge is 0.378 e. The summed E-state index contributed by atoms with van der Waals surface area (Å²) in [5, 5.41) is 1.19. The molecule has 0 amide bonds. The second-order valence-electron chi connectivity index (χ2n) is 5.53. The number of ether oxygens (including phenoxy) is 1. The number of rotatable bonds is 2. The number of fused-ring (bicyclic) bond motifs is 1. The van der Waals surface area contributed by atoms with E-state index in [0.717, 1.165) is 31.8 Å². The first-order valence-electron chi connectivity index (χ1n) is 7.69. The molecule has 110 valence electrons. The molecule has 3 nitrogen and oxygen atoms in total. The van der Waals surface area contributed by atoms with Gasteiger partial charge in [-0.15, -0.1) is 0 Å². The van der Waals surface area contributed by atoms with Gasteiger partial charge >= 0.3 is 0 Å². The van der Waals surface area contributed by atoms with Crippen LogP contribution in [0, 0.1) is 0 Å². The van der Waals surface area contributed by atoms with Gasteiger partial charge in [-0.2, -0.15) is 0 Å². The second kappa shape index (κ2) is 5.78. The Bertz CT molecular complexity index is 780. The van der Waals surface area contributed by atoms with Gasteiger partial charge in [-0.1, -0.05) is 36.4 Å². The first-order valence-corrected chi connectivity index (χ1v) is 7.69. The highest BCUT2D eigenvalue weighted by atomic mass is 16.5. The molecule has 1 aromatic heterocycles. The first-order chi connectivity index (χ1) is 10.9. The summed E-state index contributed by atoms with van der Waals surface area (Å²) in [7, 11) is 0. The van der Waals surface area contributed by atoms with Crippen LogP contribution in [-0.4, -0.2) is 31.3 Å². The van der Waals surface area contributed by atoms with Crippen LogP contribution in [0.3, 0.4) is 0 Å². The molecule has 0 atom stereocenters. The highest BCUT2D eigenvalue weighted by Crippen LogP contribution is 2.32. The van der Waals surface area contributed by atoms with E-state index in [1.54, 1.807) is 0 Å². The number of anilines is 1. The first kappa shape index (κ1) is 13.3. The maximum atomic E-state index is 5.47. The van der Waals surface area contributed by atoms with Gasteiger partial charge < -0.3 is 9.64 Å². The van der Waals surface area contributed by atoms with Crippen LogP contribution in [0.5, 0.6) is 0 Å². The molecule has 0 N–H and O–H groups in total. The Balaban J connectivity index is 1.89. The molecule has 3 aromatic rings. The Morgan fingerprint density at radius 3 is 2.55 bits per heavy atom. The van der Waals surface area contributed by atoms with Gasteiger partial charge in [0.2, 0.25) is 0 Å². The quantitative estimate of drug-likeness (QED) is 0.719. The molecule has 0 aliphatic carbocycles. The van der Waals surface area contributed by atoms with Crippen LogP contribution in [0.25, 0.3) is 22.0 Å². The van der Waals surface area contributed by atoms with Crippen LogP contribution in [-0.2, 0) is 4.74 Å². The Hall–Kier alpha value is -2.39. The van der Waals surface area contributed by atoms with Crippen LogP contribution < -0.4 is 4.90 Å². The summed E-state index contributed by atoms with van der Waals surface area (Å²) in [4.78, 5) is 6.99. The molecule has 22 heavy (non-hydrogen) atoms. The molecule has 0 unspecified atom stereocenters. The van der Waals surface area contributed by atoms with Gasteiger partial charge in [-0.05, 0) is 23.8 Å². The van der Waals surface area contributed by atoms with E-state index in [-0.39, 0.29) is 0 Å². The van der Waals surface area contributed by atoms with E-state index in [9.17, 15) is 0 Å². The Labute approximate surface area is 130 Å². The summed E-state index contributed by atoms with van der Waals surface area (Å²) < 4.78 is 5.47. The Morgan fingerprint density at radius 2 is 1.73 bits per heavy atom. The fraction of sp³-hybridized carbons (Fsp3) is 0.211. The van der Waals surface area contributed by atoms with Gasteiger partial charge in [0, 0.05) is 35.9 Å². The Morgan fingerprint density at radius 1 is 0.909 bits per heavy atom. The van der Waals surface area contributed by atoms with E-state index in [0.29, 0.717) is 0 Å². The summed E-state index contributed by atoms with van der Waals surface area (Å²) in [6.07, 6.45) is 1.86. The minimum Gasteiger partial charge on any atom is -0.378 e. The molecule has 1 aliphatic heterocycles. The topological polar surface area (TPSA) is 25.4 Å². The fourth-order valence-corrected chi connectivity index (χ4v) is 3.02. The lowest BCUT2D eigenvalue weighted by molar-refractivity contribution is 0.122. The third kappa shape index (κ3) is 2.44. The number of hydrogen-bond acceptors (Lipinski definition) is 3. The molecule has 0 radical (unpaired) electrons. The van der Waals surface area contributed by atoms with Crippen molar-refractivity contribution in [1.82, 2.24) is 4.98 Å². The summed E-state index contributed by atoms with van der Waals surface area (Å²) in [5.41, 5.74) is 4.72. The number of morpholine rings is 1. The molecule has 1 aliphatic rings. The summed E-state index contributed by atoms with van der Waals surface area (Å²) in [6.45, 7) is 3.48. The number of pyridine rings is 1. The van der Waals surface area contributed by atoms with Crippen molar-refractivity contribution in [3.8, 4) is 11.1 Å². The van der Waals surface area contributed by atoms with Crippen LogP contribution in [0.4, 0.5) is 5.69 Å². The second-order valence-corrected chi connectivity index (χ2v) is 5.53. The lowest BCUT2D eigenvalue weighted by Crippen LogP contribution is -2.36. The van der Waals surface area contributed by atoms with Crippen molar-refractivity contribution in [3.63, 3.8) is 0 Å². The molecule has 0 saturated carbocycles. The molecule has 2 aromatic carbocycles. The van der Waals surface area contributed by atoms with Gasteiger partial charge in [0.25, 0.3) is 0 Å². The average Bonchev–Trinajstić information content (AvgIpc) is 2.62.